The van der Waals surface area contributed by atoms with E-state index in [-0.39, 0.29) is 28.8 Å². The van der Waals surface area contributed by atoms with E-state index < -0.39 is 0 Å². The summed E-state index contributed by atoms with van der Waals surface area (Å²) < 4.78 is 1.49. The Labute approximate surface area is 159 Å². The zero-order chi connectivity index (χ0) is 19.6. The van der Waals surface area contributed by atoms with Gasteiger partial charge in [0.25, 0.3) is 5.56 Å². The number of carbonyl (C=O) groups excluding carboxylic acids is 1. The largest absolute Gasteiger partial charge is 0.346 e. The fourth-order valence-corrected chi connectivity index (χ4v) is 3.61. The van der Waals surface area contributed by atoms with Crippen molar-refractivity contribution < 1.29 is 4.79 Å². The van der Waals surface area contributed by atoms with Gasteiger partial charge in [-0.2, -0.15) is 0 Å². The lowest BCUT2D eigenvalue weighted by Crippen LogP contribution is -2.33. The summed E-state index contributed by atoms with van der Waals surface area (Å²) in [5.41, 5.74) is 0.579. The molecule has 5 nitrogen and oxygen atoms in total. The molecule has 0 radical (unpaired) electrons. The Morgan fingerprint density at radius 1 is 1.31 bits per heavy atom. The highest BCUT2D eigenvalue weighted by molar-refractivity contribution is 6.31. The molecule has 26 heavy (non-hydrogen) atoms. The van der Waals surface area contributed by atoms with E-state index in [0.29, 0.717) is 28.2 Å². The van der Waals surface area contributed by atoms with E-state index in [1.807, 2.05) is 6.92 Å². The highest BCUT2D eigenvalue weighted by Gasteiger charge is 2.20. The smallest absolute Gasteiger partial charge is 0.261 e. The van der Waals surface area contributed by atoms with E-state index in [2.05, 4.69) is 38.0 Å². The Hall–Kier alpha value is -1.88. The van der Waals surface area contributed by atoms with Crippen molar-refractivity contribution in [2.24, 2.45) is 18.4 Å². The number of rotatable bonds is 5. The maximum absolute atomic E-state index is 12.6. The van der Waals surface area contributed by atoms with Gasteiger partial charge in [-0.3, -0.25) is 14.2 Å². The zero-order valence-electron chi connectivity index (χ0n) is 16.4. The van der Waals surface area contributed by atoms with E-state index in [4.69, 9.17) is 11.6 Å². The van der Waals surface area contributed by atoms with Gasteiger partial charge in [0, 0.05) is 18.5 Å². The Balaban J connectivity index is 2.19. The molecular formula is C20H28ClN3O2. The number of carbonyl (C=O) groups is 1. The van der Waals surface area contributed by atoms with Crippen LogP contribution in [0, 0.1) is 11.3 Å². The molecule has 0 aliphatic carbocycles. The van der Waals surface area contributed by atoms with Crippen molar-refractivity contribution in [1.29, 1.82) is 0 Å². The average Bonchev–Trinajstić information content (AvgIpc) is 2.48. The van der Waals surface area contributed by atoms with Crippen LogP contribution in [0.15, 0.2) is 23.0 Å². The van der Waals surface area contributed by atoms with E-state index in [9.17, 15) is 9.59 Å². The van der Waals surface area contributed by atoms with Crippen LogP contribution in [0.2, 0.25) is 5.02 Å². The summed E-state index contributed by atoms with van der Waals surface area (Å²) in [7, 11) is 1.67. The molecule has 1 aromatic heterocycles. The van der Waals surface area contributed by atoms with Gasteiger partial charge >= 0.3 is 0 Å². The minimum atomic E-state index is -0.370. The molecule has 0 spiro atoms. The van der Waals surface area contributed by atoms with Crippen LogP contribution in [-0.2, 0) is 11.8 Å². The number of nitrogens with one attached hydrogen (secondary N) is 1. The molecule has 2 rings (SSSR count). The van der Waals surface area contributed by atoms with Crippen molar-refractivity contribution in [3.8, 4) is 0 Å². The summed E-state index contributed by atoms with van der Waals surface area (Å²) in [6, 6.07) is 4.65. The predicted octanol–water partition coefficient (Wildman–Crippen LogP) is 4.23. The number of aromatic nitrogens is 2. The first-order valence-electron chi connectivity index (χ1n) is 8.93. The molecule has 0 saturated heterocycles. The SMILES string of the molecule is C[C@@H](CC(=O)N[C@H](C)c1nc2cc(Cl)ccc2c(=O)n1C)CC(C)(C)C. The molecule has 0 saturated carbocycles. The van der Waals surface area contributed by atoms with Crippen LogP contribution in [0.5, 0.6) is 0 Å². The number of fused-ring (bicyclic) bond motifs is 1. The predicted molar refractivity (Wildman–Crippen MR) is 106 cm³/mol. The van der Waals surface area contributed by atoms with Crippen molar-refractivity contribution in [3.63, 3.8) is 0 Å². The number of halogens is 1. The first-order valence-corrected chi connectivity index (χ1v) is 9.31. The van der Waals surface area contributed by atoms with Crippen molar-refractivity contribution in [2.75, 3.05) is 0 Å². The zero-order valence-corrected chi connectivity index (χ0v) is 17.1. The summed E-state index contributed by atoms with van der Waals surface area (Å²) in [6.07, 6.45) is 1.43. The van der Waals surface area contributed by atoms with Gasteiger partial charge in [-0.25, -0.2) is 4.98 Å². The number of hydrogen-bond acceptors (Lipinski definition) is 3. The van der Waals surface area contributed by atoms with Gasteiger partial charge in [0.05, 0.1) is 16.9 Å². The summed E-state index contributed by atoms with van der Waals surface area (Å²) in [5.74, 6) is 0.769. The second-order valence-electron chi connectivity index (χ2n) is 8.36. The fourth-order valence-electron chi connectivity index (χ4n) is 3.45. The molecule has 0 aliphatic heterocycles. The monoisotopic (exact) mass is 377 g/mol. The highest BCUT2D eigenvalue weighted by Crippen LogP contribution is 2.26. The van der Waals surface area contributed by atoms with Gasteiger partial charge < -0.3 is 5.32 Å². The third kappa shape index (κ3) is 5.07. The molecule has 0 unspecified atom stereocenters. The standard InChI is InChI=1S/C20H28ClN3O2/c1-12(11-20(3,4)5)9-17(25)22-13(2)18-23-16-10-14(21)7-8-15(16)19(26)24(18)6/h7-8,10,12-13H,9,11H2,1-6H3,(H,22,25)/t12-,13+/m0/s1. The minimum Gasteiger partial charge on any atom is -0.346 e. The number of nitrogens with zero attached hydrogens (tertiary/aromatic N) is 2. The van der Waals surface area contributed by atoms with Gasteiger partial charge in [0.2, 0.25) is 5.91 Å². The molecule has 0 aliphatic rings. The molecular weight excluding hydrogens is 350 g/mol. The first-order chi connectivity index (χ1) is 12.0. The third-order valence-corrected chi connectivity index (χ3v) is 4.57. The first kappa shape index (κ1) is 20.4. The van der Waals surface area contributed by atoms with Crippen LogP contribution in [0.4, 0.5) is 0 Å². The fraction of sp³-hybridized carbons (Fsp3) is 0.550. The Morgan fingerprint density at radius 2 is 1.96 bits per heavy atom. The van der Waals surface area contributed by atoms with Crippen molar-refractivity contribution in [1.82, 2.24) is 14.9 Å². The van der Waals surface area contributed by atoms with Crippen LogP contribution < -0.4 is 10.9 Å². The van der Waals surface area contributed by atoms with Gasteiger partial charge in [-0.15, -0.1) is 0 Å². The van der Waals surface area contributed by atoms with Gasteiger partial charge in [0.1, 0.15) is 5.82 Å². The number of hydrogen-bond donors (Lipinski definition) is 1. The van der Waals surface area contributed by atoms with Crippen molar-refractivity contribution in [2.45, 2.75) is 53.5 Å². The molecule has 1 N–H and O–H groups in total. The quantitative estimate of drug-likeness (QED) is 0.848. The normalized spacial score (nSPS) is 14.3. The van der Waals surface area contributed by atoms with Gasteiger partial charge in [0.15, 0.2) is 0 Å². The molecule has 1 aromatic carbocycles. The van der Waals surface area contributed by atoms with Crippen molar-refractivity contribution >= 4 is 28.4 Å². The topological polar surface area (TPSA) is 64.0 Å². The van der Waals surface area contributed by atoms with Crippen LogP contribution >= 0.6 is 11.6 Å². The van der Waals surface area contributed by atoms with Gasteiger partial charge in [-0.05, 0) is 42.9 Å². The lowest BCUT2D eigenvalue weighted by molar-refractivity contribution is -0.122. The molecule has 1 amide bonds. The molecule has 0 fully saturated rings. The second kappa shape index (κ2) is 7.78. The van der Waals surface area contributed by atoms with E-state index >= 15 is 0 Å². The Morgan fingerprint density at radius 3 is 2.58 bits per heavy atom. The van der Waals surface area contributed by atoms with Crippen LogP contribution in [0.3, 0.4) is 0 Å². The molecule has 6 heteroatoms. The van der Waals surface area contributed by atoms with Crippen LogP contribution in [0.25, 0.3) is 10.9 Å². The van der Waals surface area contributed by atoms with E-state index in [1.165, 1.54) is 4.57 Å². The van der Waals surface area contributed by atoms with E-state index in [0.717, 1.165) is 6.42 Å². The number of amides is 1. The summed E-state index contributed by atoms with van der Waals surface area (Å²) in [4.78, 5) is 29.5. The summed E-state index contributed by atoms with van der Waals surface area (Å²) in [6.45, 7) is 10.4. The number of benzene rings is 1. The molecule has 1 heterocycles. The van der Waals surface area contributed by atoms with Crippen molar-refractivity contribution in [3.05, 3.63) is 39.4 Å². The van der Waals surface area contributed by atoms with Crippen LogP contribution in [0.1, 0.15) is 59.3 Å². The van der Waals surface area contributed by atoms with E-state index in [1.54, 1.807) is 25.2 Å². The summed E-state index contributed by atoms with van der Waals surface area (Å²) >= 11 is 6.02. The Kier molecular flexibility index (Phi) is 6.12. The van der Waals surface area contributed by atoms with Gasteiger partial charge in [-0.1, -0.05) is 39.3 Å². The second-order valence-corrected chi connectivity index (χ2v) is 8.80. The maximum atomic E-state index is 12.6. The average molecular weight is 378 g/mol. The molecule has 142 valence electrons. The van der Waals surface area contributed by atoms with Crippen LogP contribution in [-0.4, -0.2) is 15.5 Å². The highest BCUT2D eigenvalue weighted by atomic mass is 35.5. The lowest BCUT2D eigenvalue weighted by atomic mass is 9.84. The Bertz CT molecular complexity index is 868. The lowest BCUT2D eigenvalue weighted by Gasteiger charge is -2.23. The molecule has 2 atom stereocenters. The molecule has 0 bridgehead atoms. The summed E-state index contributed by atoms with van der Waals surface area (Å²) in [5, 5.41) is 4.00. The maximum Gasteiger partial charge on any atom is 0.261 e. The minimum absolute atomic E-state index is 0.0327. The molecule has 2 aromatic rings. The third-order valence-electron chi connectivity index (χ3n) is 4.33.